The van der Waals surface area contributed by atoms with E-state index in [4.69, 9.17) is 10.5 Å². The third-order valence-electron chi connectivity index (χ3n) is 5.30. The number of Topliss-reactive ketones (excluding diaryl/α,β-unsaturated/α-hetero) is 1. The van der Waals surface area contributed by atoms with Crippen LogP contribution in [0.5, 0.6) is 0 Å². The summed E-state index contributed by atoms with van der Waals surface area (Å²) in [5.41, 5.74) is 4.52. The molecular formula is C20H18FN3O4. The molecule has 1 aromatic rings. The van der Waals surface area contributed by atoms with Gasteiger partial charge in [0.1, 0.15) is 11.9 Å². The Morgan fingerprint density at radius 2 is 1.93 bits per heavy atom. The number of allylic oxidation sites excluding steroid dienone is 2. The fourth-order valence-electron chi connectivity index (χ4n) is 4.06. The number of hydrogen-bond donors (Lipinski definition) is 1. The number of fused-ring (bicyclic) bond motifs is 1. The normalized spacial score (nSPS) is 28.1. The van der Waals surface area contributed by atoms with Gasteiger partial charge in [0.05, 0.1) is 19.2 Å². The van der Waals surface area contributed by atoms with Gasteiger partial charge in [-0.2, -0.15) is 5.26 Å². The van der Waals surface area contributed by atoms with Crippen molar-refractivity contribution in [3.63, 3.8) is 0 Å². The van der Waals surface area contributed by atoms with Gasteiger partial charge in [-0.05, 0) is 24.6 Å². The summed E-state index contributed by atoms with van der Waals surface area (Å²) in [6.07, 6.45) is 4.46. The highest BCUT2D eigenvalue weighted by molar-refractivity contribution is 5.97. The van der Waals surface area contributed by atoms with Crippen LogP contribution in [0, 0.1) is 22.6 Å². The smallest absolute Gasteiger partial charge is 0.329 e. The van der Waals surface area contributed by atoms with Crippen molar-refractivity contribution < 1.29 is 23.5 Å². The maximum Gasteiger partial charge on any atom is 0.329 e. The van der Waals surface area contributed by atoms with Crippen LogP contribution in [0.3, 0.4) is 0 Å². The Bertz CT molecular complexity index is 947. The average Bonchev–Trinajstić information content (AvgIpc) is 2.98. The summed E-state index contributed by atoms with van der Waals surface area (Å²) in [7, 11) is 1.15. The van der Waals surface area contributed by atoms with E-state index in [1.807, 2.05) is 6.07 Å². The summed E-state index contributed by atoms with van der Waals surface area (Å²) in [4.78, 5) is 38.5. The van der Waals surface area contributed by atoms with Crippen LogP contribution in [-0.2, 0) is 19.1 Å². The van der Waals surface area contributed by atoms with Crippen molar-refractivity contribution in [2.45, 2.75) is 24.9 Å². The number of halogens is 1. The molecule has 1 aromatic carbocycles. The zero-order valence-electron chi connectivity index (χ0n) is 15.3. The molecular weight excluding hydrogens is 365 g/mol. The second-order valence-electron chi connectivity index (χ2n) is 6.74. The van der Waals surface area contributed by atoms with Crippen LogP contribution in [0.15, 0.2) is 48.2 Å². The fourth-order valence-corrected chi connectivity index (χ4v) is 4.06. The van der Waals surface area contributed by atoms with Crippen molar-refractivity contribution in [3.05, 3.63) is 59.6 Å². The Morgan fingerprint density at radius 3 is 2.43 bits per heavy atom. The van der Waals surface area contributed by atoms with Gasteiger partial charge >= 0.3 is 5.97 Å². The molecule has 1 fully saturated rings. The number of benzene rings is 1. The maximum atomic E-state index is 13.4. The van der Waals surface area contributed by atoms with Crippen LogP contribution in [0.4, 0.5) is 4.39 Å². The van der Waals surface area contributed by atoms with E-state index in [0.717, 1.165) is 7.11 Å². The van der Waals surface area contributed by atoms with Crippen molar-refractivity contribution in [3.8, 4) is 6.07 Å². The second-order valence-corrected chi connectivity index (χ2v) is 6.74. The summed E-state index contributed by atoms with van der Waals surface area (Å²) in [5.74, 6) is -3.40. The minimum atomic E-state index is -1.82. The predicted molar refractivity (Wildman–Crippen MR) is 95.7 cm³/mol. The lowest BCUT2D eigenvalue weighted by molar-refractivity contribution is -0.150. The summed E-state index contributed by atoms with van der Waals surface area (Å²) in [6.45, 7) is 1.36. The quantitative estimate of drug-likeness (QED) is 0.781. The number of primary amides is 1. The molecule has 3 rings (SSSR count). The zero-order valence-corrected chi connectivity index (χ0v) is 15.3. The Balaban J connectivity index is 2.29. The number of ether oxygens (including phenoxy) is 1. The third kappa shape index (κ3) is 2.67. The highest BCUT2D eigenvalue weighted by atomic mass is 19.1. The first-order valence-corrected chi connectivity index (χ1v) is 8.50. The molecule has 7 nitrogen and oxygen atoms in total. The van der Waals surface area contributed by atoms with Crippen LogP contribution >= 0.6 is 0 Å². The molecule has 0 spiro atoms. The summed E-state index contributed by atoms with van der Waals surface area (Å²) < 4.78 is 18.4. The minimum Gasteiger partial charge on any atom is -0.468 e. The molecule has 2 aliphatic heterocycles. The van der Waals surface area contributed by atoms with Gasteiger partial charge in [-0.1, -0.05) is 24.3 Å². The maximum absolute atomic E-state index is 13.4. The van der Waals surface area contributed by atoms with Crippen LogP contribution in [-0.4, -0.2) is 41.8 Å². The lowest BCUT2D eigenvalue weighted by Gasteiger charge is -2.32. The number of nitriles is 1. The number of methoxy groups -OCH3 is 1. The van der Waals surface area contributed by atoms with Gasteiger partial charge in [0, 0.05) is 17.7 Å². The molecule has 144 valence electrons. The van der Waals surface area contributed by atoms with Crippen LogP contribution in [0.2, 0.25) is 0 Å². The molecule has 2 N–H and O–H groups in total. The number of carbonyl (C=O) groups is 3. The first-order chi connectivity index (χ1) is 13.3. The van der Waals surface area contributed by atoms with E-state index in [1.165, 1.54) is 54.4 Å². The average molecular weight is 383 g/mol. The zero-order chi connectivity index (χ0) is 20.6. The third-order valence-corrected chi connectivity index (χ3v) is 5.30. The van der Waals surface area contributed by atoms with E-state index in [-0.39, 0.29) is 5.78 Å². The molecule has 0 aliphatic carbocycles. The largest absolute Gasteiger partial charge is 0.468 e. The molecule has 28 heavy (non-hydrogen) atoms. The SMILES string of the molecule is COC(=O)[C@@]1(C#N)[C@@H]2C=CC(C(C)=O)=CN2[C@@H](C(N)=O)[C@@H]1c1ccc(F)cc1. The summed E-state index contributed by atoms with van der Waals surface area (Å²) in [6, 6.07) is 5.20. The lowest BCUT2D eigenvalue weighted by atomic mass is 9.68. The van der Waals surface area contributed by atoms with Crippen LogP contribution < -0.4 is 5.73 Å². The van der Waals surface area contributed by atoms with E-state index in [0.29, 0.717) is 11.1 Å². The van der Waals surface area contributed by atoms with Crippen molar-refractivity contribution in [2.75, 3.05) is 7.11 Å². The molecule has 0 saturated carbocycles. The fraction of sp³-hybridized carbons (Fsp3) is 0.300. The molecule has 2 aliphatic rings. The van der Waals surface area contributed by atoms with E-state index in [2.05, 4.69) is 0 Å². The predicted octanol–water partition coefficient (Wildman–Crippen LogP) is 1.17. The van der Waals surface area contributed by atoms with Gasteiger partial charge < -0.3 is 15.4 Å². The van der Waals surface area contributed by atoms with Crippen molar-refractivity contribution in [1.29, 1.82) is 5.26 Å². The van der Waals surface area contributed by atoms with E-state index < -0.39 is 41.1 Å². The molecule has 1 amide bonds. The first kappa shape index (κ1) is 19.3. The number of ketones is 1. The van der Waals surface area contributed by atoms with E-state index >= 15 is 0 Å². The molecule has 8 heteroatoms. The van der Waals surface area contributed by atoms with Gasteiger partial charge in [0.15, 0.2) is 11.2 Å². The lowest BCUT2D eigenvalue weighted by Crippen LogP contribution is -2.45. The number of amides is 1. The summed E-state index contributed by atoms with van der Waals surface area (Å²) >= 11 is 0. The van der Waals surface area contributed by atoms with Gasteiger partial charge in [-0.3, -0.25) is 14.4 Å². The standard InChI is InChI=1S/C20H18FN3O4/c1-11(25)13-5-8-15-20(10-22,19(27)28-2)16(12-3-6-14(21)7-4-12)17(18(23)26)24(15)9-13/h3-9,15-17H,1-2H3,(H2,23,26)/t15-,16-,17+,20-/m0/s1. The molecule has 0 aromatic heterocycles. The van der Waals surface area contributed by atoms with Crippen molar-refractivity contribution in [2.24, 2.45) is 11.1 Å². The van der Waals surface area contributed by atoms with Crippen molar-refractivity contribution >= 4 is 17.7 Å². The Kier molecular flexibility index (Phi) is 4.77. The molecule has 0 radical (unpaired) electrons. The molecule has 4 atom stereocenters. The molecule has 2 heterocycles. The monoisotopic (exact) mass is 383 g/mol. The van der Waals surface area contributed by atoms with Gasteiger partial charge in [0.25, 0.3) is 0 Å². The first-order valence-electron chi connectivity index (χ1n) is 8.50. The second kappa shape index (κ2) is 6.93. The highest BCUT2D eigenvalue weighted by Crippen LogP contribution is 2.53. The van der Waals surface area contributed by atoms with Crippen molar-refractivity contribution in [1.82, 2.24) is 4.90 Å². The number of nitrogens with zero attached hydrogens (tertiary/aromatic N) is 2. The number of rotatable bonds is 4. The molecule has 0 bridgehead atoms. The minimum absolute atomic E-state index is 0.247. The highest BCUT2D eigenvalue weighted by Gasteiger charge is 2.66. The molecule has 0 unspecified atom stereocenters. The summed E-state index contributed by atoms with van der Waals surface area (Å²) in [5, 5.41) is 10.1. The molecule has 1 saturated heterocycles. The van der Waals surface area contributed by atoms with E-state index in [1.54, 1.807) is 0 Å². The van der Waals surface area contributed by atoms with Gasteiger partial charge in [-0.15, -0.1) is 0 Å². The van der Waals surface area contributed by atoms with Crippen LogP contribution in [0.1, 0.15) is 18.4 Å². The Hall–Kier alpha value is -3.47. The van der Waals surface area contributed by atoms with Gasteiger partial charge in [-0.25, -0.2) is 4.39 Å². The van der Waals surface area contributed by atoms with E-state index in [9.17, 15) is 24.0 Å². The Labute approximate surface area is 160 Å². The number of hydrogen-bond acceptors (Lipinski definition) is 6. The number of nitrogens with two attached hydrogens (primary N) is 1. The van der Waals surface area contributed by atoms with Crippen LogP contribution in [0.25, 0.3) is 0 Å². The topological polar surface area (TPSA) is 113 Å². The van der Waals surface area contributed by atoms with Gasteiger partial charge in [0.2, 0.25) is 5.91 Å². The Morgan fingerprint density at radius 1 is 1.29 bits per heavy atom. The number of esters is 1. The number of carbonyl (C=O) groups excluding carboxylic acids is 3.